The summed E-state index contributed by atoms with van der Waals surface area (Å²) in [5, 5.41) is 9.91. The van der Waals surface area contributed by atoms with E-state index in [-0.39, 0.29) is 12.1 Å². The van der Waals surface area contributed by atoms with Crippen molar-refractivity contribution in [3.8, 4) is 0 Å². The van der Waals surface area contributed by atoms with E-state index in [1.807, 2.05) is 12.1 Å². The van der Waals surface area contributed by atoms with Gasteiger partial charge in [-0.1, -0.05) is 12.5 Å². The molecule has 0 radical (unpaired) electrons. The van der Waals surface area contributed by atoms with Crippen molar-refractivity contribution in [3.63, 3.8) is 0 Å². The van der Waals surface area contributed by atoms with E-state index in [0.717, 1.165) is 36.8 Å². The van der Waals surface area contributed by atoms with Gasteiger partial charge in [-0.2, -0.15) is 0 Å². The lowest BCUT2D eigenvalue weighted by molar-refractivity contribution is 0.0600. The van der Waals surface area contributed by atoms with Crippen LogP contribution in [0, 0.1) is 0 Å². The van der Waals surface area contributed by atoms with Crippen molar-refractivity contribution in [3.05, 3.63) is 34.9 Å². The smallest absolute Gasteiger partial charge is 0.337 e. The van der Waals surface area contributed by atoms with Crippen LogP contribution in [-0.2, 0) is 11.2 Å². The van der Waals surface area contributed by atoms with E-state index < -0.39 is 0 Å². The highest BCUT2D eigenvalue weighted by Crippen LogP contribution is 2.29. The summed E-state index contributed by atoms with van der Waals surface area (Å²) < 4.78 is 4.68. The Bertz CT molecular complexity index is 398. The molecule has 1 N–H and O–H groups in total. The van der Waals surface area contributed by atoms with Crippen molar-refractivity contribution in [2.75, 3.05) is 7.11 Å². The fourth-order valence-electron chi connectivity index (χ4n) is 2.20. The third-order valence-corrected chi connectivity index (χ3v) is 3.10. The number of aryl methyl sites for hydroxylation is 1. The van der Waals surface area contributed by atoms with Gasteiger partial charge in [-0.15, -0.1) is 0 Å². The van der Waals surface area contributed by atoms with Gasteiger partial charge in [0.25, 0.3) is 0 Å². The summed E-state index contributed by atoms with van der Waals surface area (Å²) in [5.74, 6) is -0.318. The Morgan fingerprint density at radius 1 is 1.44 bits per heavy atom. The Kier molecular flexibility index (Phi) is 3.25. The molecule has 0 fully saturated rings. The molecule has 1 unspecified atom stereocenters. The zero-order valence-corrected chi connectivity index (χ0v) is 9.40. The fourth-order valence-corrected chi connectivity index (χ4v) is 2.20. The van der Waals surface area contributed by atoms with Crippen LogP contribution in [0.1, 0.15) is 46.9 Å². The number of aliphatic hydroxyl groups is 1. The maximum absolute atomic E-state index is 11.4. The molecular weight excluding hydrogens is 204 g/mol. The SMILES string of the molecule is COC(=O)c1ccc2c(c1)CCCCC2O. The summed E-state index contributed by atoms with van der Waals surface area (Å²) in [6.07, 6.45) is 3.45. The largest absolute Gasteiger partial charge is 0.465 e. The van der Waals surface area contributed by atoms with Crippen LogP contribution in [0.4, 0.5) is 0 Å². The zero-order valence-electron chi connectivity index (χ0n) is 9.40. The summed E-state index contributed by atoms with van der Waals surface area (Å²) in [7, 11) is 1.38. The van der Waals surface area contributed by atoms with E-state index in [4.69, 9.17) is 0 Å². The molecule has 0 heterocycles. The van der Waals surface area contributed by atoms with E-state index in [1.165, 1.54) is 7.11 Å². The Hall–Kier alpha value is -1.35. The lowest BCUT2D eigenvalue weighted by atomic mass is 9.98. The minimum Gasteiger partial charge on any atom is -0.465 e. The highest BCUT2D eigenvalue weighted by atomic mass is 16.5. The van der Waals surface area contributed by atoms with Gasteiger partial charge in [-0.3, -0.25) is 0 Å². The molecule has 3 nitrogen and oxygen atoms in total. The van der Waals surface area contributed by atoms with Gasteiger partial charge in [0, 0.05) is 0 Å². The van der Waals surface area contributed by atoms with Gasteiger partial charge in [-0.05, 0) is 42.5 Å². The van der Waals surface area contributed by atoms with Gasteiger partial charge in [-0.25, -0.2) is 4.79 Å². The first-order chi connectivity index (χ1) is 7.72. The van der Waals surface area contributed by atoms with Crippen LogP contribution in [0.2, 0.25) is 0 Å². The quantitative estimate of drug-likeness (QED) is 0.583. The number of hydrogen-bond donors (Lipinski definition) is 1. The molecule has 1 aliphatic carbocycles. The monoisotopic (exact) mass is 220 g/mol. The van der Waals surface area contributed by atoms with E-state index >= 15 is 0 Å². The van der Waals surface area contributed by atoms with Gasteiger partial charge >= 0.3 is 5.97 Å². The third-order valence-electron chi connectivity index (χ3n) is 3.10. The second-order valence-corrected chi connectivity index (χ2v) is 4.17. The number of carbonyl (C=O) groups is 1. The molecule has 16 heavy (non-hydrogen) atoms. The number of aliphatic hydroxyl groups excluding tert-OH is 1. The number of ether oxygens (including phenoxy) is 1. The first kappa shape index (κ1) is 11.1. The van der Waals surface area contributed by atoms with Gasteiger partial charge in [0.05, 0.1) is 18.8 Å². The van der Waals surface area contributed by atoms with Crippen LogP contribution in [0.15, 0.2) is 18.2 Å². The van der Waals surface area contributed by atoms with Gasteiger partial charge in [0.2, 0.25) is 0 Å². The molecule has 0 aliphatic heterocycles. The molecule has 1 aromatic rings. The molecule has 0 spiro atoms. The first-order valence-corrected chi connectivity index (χ1v) is 5.61. The Labute approximate surface area is 95.0 Å². The highest BCUT2D eigenvalue weighted by molar-refractivity contribution is 5.89. The molecule has 1 aromatic carbocycles. The Morgan fingerprint density at radius 2 is 2.25 bits per heavy atom. The van der Waals surface area contributed by atoms with Gasteiger partial charge in [0.15, 0.2) is 0 Å². The molecule has 0 saturated heterocycles. The molecule has 0 bridgehead atoms. The first-order valence-electron chi connectivity index (χ1n) is 5.61. The van der Waals surface area contributed by atoms with Crippen LogP contribution in [-0.4, -0.2) is 18.2 Å². The number of fused-ring (bicyclic) bond motifs is 1. The normalized spacial score (nSPS) is 19.8. The maximum Gasteiger partial charge on any atom is 0.337 e. The summed E-state index contributed by atoms with van der Waals surface area (Å²) >= 11 is 0. The molecule has 3 heteroatoms. The summed E-state index contributed by atoms with van der Waals surface area (Å²) in [6.45, 7) is 0. The lowest BCUT2D eigenvalue weighted by Crippen LogP contribution is -2.05. The number of esters is 1. The van der Waals surface area contributed by atoms with Crippen molar-refractivity contribution >= 4 is 5.97 Å². The molecule has 1 atom stereocenters. The van der Waals surface area contributed by atoms with Gasteiger partial charge < -0.3 is 9.84 Å². The number of methoxy groups -OCH3 is 1. The number of hydrogen-bond acceptors (Lipinski definition) is 3. The zero-order chi connectivity index (χ0) is 11.5. The second kappa shape index (κ2) is 4.66. The van der Waals surface area contributed by atoms with E-state index in [1.54, 1.807) is 6.07 Å². The summed E-state index contributed by atoms with van der Waals surface area (Å²) in [6, 6.07) is 5.41. The molecule has 0 aromatic heterocycles. The maximum atomic E-state index is 11.4. The number of rotatable bonds is 1. The Morgan fingerprint density at radius 3 is 3.00 bits per heavy atom. The van der Waals surface area contributed by atoms with Crippen LogP contribution >= 0.6 is 0 Å². The summed E-state index contributed by atoms with van der Waals surface area (Å²) in [5.41, 5.74) is 2.61. The average molecular weight is 220 g/mol. The minimum atomic E-state index is -0.385. The van der Waals surface area contributed by atoms with E-state index in [9.17, 15) is 9.90 Å². The Balaban J connectivity index is 2.37. The standard InChI is InChI=1S/C13H16O3/c1-16-13(15)10-6-7-11-9(8-10)4-2-3-5-12(11)14/h6-8,12,14H,2-5H2,1H3. The predicted molar refractivity (Wildman–Crippen MR) is 60.3 cm³/mol. The predicted octanol–water partition coefficient (Wildman–Crippen LogP) is 2.23. The number of benzene rings is 1. The van der Waals surface area contributed by atoms with E-state index in [0.29, 0.717) is 5.56 Å². The molecule has 86 valence electrons. The lowest BCUT2D eigenvalue weighted by Gasteiger charge is -2.12. The summed E-state index contributed by atoms with van der Waals surface area (Å²) in [4.78, 5) is 11.4. The molecule has 1 aliphatic rings. The van der Waals surface area contributed by atoms with Crippen molar-refractivity contribution < 1.29 is 14.6 Å². The van der Waals surface area contributed by atoms with Crippen molar-refractivity contribution in [2.24, 2.45) is 0 Å². The molecule has 0 amide bonds. The molecular formula is C13H16O3. The van der Waals surface area contributed by atoms with E-state index in [2.05, 4.69) is 4.74 Å². The third kappa shape index (κ3) is 2.09. The minimum absolute atomic E-state index is 0.318. The topological polar surface area (TPSA) is 46.5 Å². The fraction of sp³-hybridized carbons (Fsp3) is 0.462. The average Bonchev–Trinajstić information content (AvgIpc) is 2.50. The second-order valence-electron chi connectivity index (χ2n) is 4.17. The van der Waals surface area contributed by atoms with Crippen molar-refractivity contribution in [1.82, 2.24) is 0 Å². The van der Waals surface area contributed by atoms with Crippen molar-refractivity contribution in [1.29, 1.82) is 0 Å². The van der Waals surface area contributed by atoms with Crippen LogP contribution in [0.3, 0.4) is 0 Å². The van der Waals surface area contributed by atoms with Crippen LogP contribution in [0.25, 0.3) is 0 Å². The van der Waals surface area contributed by atoms with Gasteiger partial charge in [0.1, 0.15) is 0 Å². The number of carbonyl (C=O) groups excluding carboxylic acids is 1. The van der Waals surface area contributed by atoms with Crippen LogP contribution < -0.4 is 0 Å². The molecule has 2 rings (SSSR count). The molecule has 0 saturated carbocycles. The van der Waals surface area contributed by atoms with Crippen LogP contribution in [0.5, 0.6) is 0 Å². The van der Waals surface area contributed by atoms with Crippen molar-refractivity contribution in [2.45, 2.75) is 31.8 Å². The highest BCUT2D eigenvalue weighted by Gasteiger charge is 2.17.